The van der Waals surface area contributed by atoms with Crippen LogP contribution in [0.25, 0.3) is 10.9 Å². The van der Waals surface area contributed by atoms with Crippen molar-refractivity contribution in [3.05, 3.63) is 52.3 Å². The van der Waals surface area contributed by atoms with Gasteiger partial charge in [0.05, 0.1) is 16.2 Å². The summed E-state index contributed by atoms with van der Waals surface area (Å²) in [5.41, 5.74) is 2.13. The smallest absolute Gasteiger partial charge is 0.400 e. The van der Waals surface area contributed by atoms with Crippen molar-refractivity contribution < 1.29 is 13.7 Å². The minimum absolute atomic E-state index is 0.102. The summed E-state index contributed by atoms with van der Waals surface area (Å²) >= 11 is 5.89. The maximum Gasteiger partial charge on any atom is 0.490 e. The van der Waals surface area contributed by atoms with Gasteiger partial charge in [0.25, 0.3) is 0 Å². The molecule has 0 atom stereocenters. The molecule has 0 N–H and O–H groups in total. The first kappa shape index (κ1) is 21.3. The summed E-state index contributed by atoms with van der Waals surface area (Å²) < 4.78 is 25.3. The van der Waals surface area contributed by atoms with Crippen molar-refractivity contribution >= 4 is 29.6 Å². The maximum atomic E-state index is 13.3. The summed E-state index contributed by atoms with van der Waals surface area (Å²) in [7, 11) is -0.102. The van der Waals surface area contributed by atoms with Gasteiger partial charge in [-0.3, -0.25) is 4.98 Å². The Morgan fingerprint density at radius 1 is 1.11 bits per heavy atom. The molecule has 2 aromatic rings. The van der Waals surface area contributed by atoms with Crippen LogP contribution in [0.15, 0.2) is 35.9 Å². The third-order valence-corrected chi connectivity index (χ3v) is 6.10. The van der Waals surface area contributed by atoms with Crippen molar-refractivity contribution in [1.29, 1.82) is 0 Å². The van der Waals surface area contributed by atoms with Crippen molar-refractivity contribution in [3.8, 4) is 0 Å². The van der Waals surface area contributed by atoms with E-state index in [0.29, 0.717) is 15.9 Å². The summed E-state index contributed by atoms with van der Waals surface area (Å²) in [6.45, 7) is 10.3. The van der Waals surface area contributed by atoms with E-state index in [1.54, 1.807) is 6.07 Å². The molecule has 1 aliphatic carbocycles. The second kappa shape index (κ2) is 8.13. The SMILES string of the molecule is CC1(C)OB(C2=CCCCC2)OC1(C)C.Cc1cc(F)c2nccc(Cl)c2c1. The van der Waals surface area contributed by atoms with Crippen LogP contribution in [0.2, 0.25) is 5.02 Å². The molecular weight excluding hydrogens is 376 g/mol. The van der Waals surface area contributed by atoms with Crippen LogP contribution in [-0.4, -0.2) is 23.3 Å². The molecule has 1 aromatic heterocycles. The number of hydrogen-bond acceptors (Lipinski definition) is 3. The van der Waals surface area contributed by atoms with Crippen LogP contribution >= 0.6 is 11.6 Å². The largest absolute Gasteiger partial charge is 0.490 e. The molecule has 4 rings (SSSR count). The first-order chi connectivity index (χ1) is 13.1. The Morgan fingerprint density at radius 3 is 2.39 bits per heavy atom. The van der Waals surface area contributed by atoms with E-state index in [1.807, 2.05) is 13.0 Å². The number of nitrogens with zero attached hydrogens (tertiary/aromatic N) is 1. The highest BCUT2D eigenvalue weighted by Crippen LogP contribution is 2.40. The van der Waals surface area contributed by atoms with E-state index < -0.39 is 0 Å². The van der Waals surface area contributed by atoms with E-state index in [-0.39, 0.29) is 24.1 Å². The van der Waals surface area contributed by atoms with Crippen LogP contribution in [0, 0.1) is 12.7 Å². The van der Waals surface area contributed by atoms with Gasteiger partial charge in [-0.05, 0) is 89.5 Å². The van der Waals surface area contributed by atoms with Crippen LogP contribution in [0.3, 0.4) is 0 Å². The van der Waals surface area contributed by atoms with Crippen LogP contribution in [0.1, 0.15) is 58.9 Å². The van der Waals surface area contributed by atoms with Gasteiger partial charge < -0.3 is 9.31 Å². The Labute approximate surface area is 172 Å². The number of benzene rings is 1. The lowest BCUT2D eigenvalue weighted by Gasteiger charge is -2.32. The Bertz CT molecular complexity index is 881. The minimum Gasteiger partial charge on any atom is -0.400 e. The molecule has 2 heterocycles. The van der Waals surface area contributed by atoms with Gasteiger partial charge in [-0.15, -0.1) is 0 Å². The third kappa shape index (κ3) is 4.42. The zero-order chi connectivity index (χ0) is 20.5. The monoisotopic (exact) mass is 403 g/mol. The highest BCUT2D eigenvalue weighted by molar-refractivity contribution is 6.54. The average molecular weight is 404 g/mol. The fourth-order valence-electron chi connectivity index (χ4n) is 3.39. The second-order valence-corrected chi connectivity index (χ2v) is 8.96. The number of fused-ring (bicyclic) bond motifs is 1. The van der Waals surface area contributed by atoms with Gasteiger partial charge in [0.1, 0.15) is 11.3 Å². The number of halogens is 2. The third-order valence-electron chi connectivity index (χ3n) is 5.77. The topological polar surface area (TPSA) is 31.4 Å². The first-order valence-electron chi connectivity index (χ1n) is 9.86. The zero-order valence-corrected chi connectivity index (χ0v) is 18.1. The van der Waals surface area contributed by atoms with Crippen LogP contribution in [0.4, 0.5) is 4.39 Å². The summed E-state index contributed by atoms with van der Waals surface area (Å²) in [4.78, 5) is 3.92. The molecule has 6 heteroatoms. The Hall–Kier alpha value is -1.43. The van der Waals surface area contributed by atoms with E-state index >= 15 is 0 Å². The number of hydrogen-bond donors (Lipinski definition) is 0. The summed E-state index contributed by atoms with van der Waals surface area (Å²) in [5.74, 6) is -0.322. The molecule has 0 saturated carbocycles. The molecule has 1 aromatic carbocycles. The average Bonchev–Trinajstić information content (AvgIpc) is 2.85. The molecule has 0 spiro atoms. The van der Waals surface area contributed by atoms with Crippen LogP contribution in [-0.2, 0) is 9.31 Å². The van der Waals surface area contributed by atoms with Crippen molar-refractivity contribution in [1.82, 2.24) is 4.98 Å². The highest BCUT2D eigenvalue weighted by atomic mass is 35.5. The summed E-state index contributed by atoms with van der Waals surface area (Å²) in [6, 6.07) is 4.93. The number of rotatable bonds is 1. The molecule has 0 amide bonds. The lowest BCUT2D eigenvalue weighted by atomic mass is 9.73. The van der Waals surface area contributed by atoms with Crippen LogP contribution in [0.5, 0.6) is 0 Å². The standard InChI is InChI=1S/C12H21BO2.C10H7ClFN/c1-11(2)12(3,4)15-13(14-11)10-8-6-5-7-9-10;1-6-4-7-8(11)2-3-13-10(7)9(12)5-6/h8H,5-7,9H2,1-4H3;2-5H,1H3. The summed E-state index contributed by atoms with van der Waals surface area (Å²) in [6.07, 6.45) is 8.70. The van der Waals surface area contributed by atoms with E-state index in [4.69, 9.17) is 20.9 Å². The van der Waals surface area contributed by atoms with Crippen molar-refractivity contribution in [2.75, 3.05) is 0 Å². The number of pyridine rings is 1. The van der Waals surface area contributed by atoms with Gasteiger partial charge >= 0.3 is 7.12 Å². The Kier molecular flexibility index (Phi) is 6.18. The van der Waals surface area contributed by atoms with Gasteiger partial charge in [-0.25, -0.2) is 4.39 Å². The van der Waals surface area contributed by atoms with E-state index in [0.717, 1.165) is 12.0 Å². The molecule has 28 heavy (non-hydrogen) atoms. The van der Waals surface area contributed by atoms with Crippen molar-refractivity contribution in [2.24, 2.45) is 0 Å². The van der Waals surface area contributed by atoms with E-state index in [1.165, 1.54) is 37.0 Å². The maximum absolute atomic E-state index is 13.3. The molecular formula is C22H28BClFNO2. The Balaban J connectivity index is 0.000000162. The minimum atomic E-state index is -0.322. The van der Waals surface area contributed by atoms with E-state index in [2.05, 4.69) is 38.8 Å². The quantitative estimate of drug-likeness (QED) is 0.512. The first-order valence-corrected chi connectivity index (χ1v) is 10.2. The predicted octanol–water partition coefficient (Wildman–Crippen LogP) is 6.45. The number of aryl methyl sites for hydroxylation is 1. The fourth-order valence-corrected chi connectivity index (χ4v) is 3.59. The normalized spacial score (nSPS) is 20.5. The highest BCUT2D eigenvalue weighted by Gasteiger charge is 2.52. The predicted molar refractivity (Wildman–Crippen MR) is 114 cm³/mol. The molecule has 150 valence electrons. The number of aromatic nitrogens is 1. The van der Waals surface area contributed by atoms with Gasteiger partial charge in [0.15, 0.2) is 0 Å². The molecule has 0 unspecified atom stereocenters. The lowest BCUT2D eigenvalue weighted by molar-refractivity contribution is 0.00578. The molecule has 1 aliphatic heterocycles. The fraction of sp³-hybridized carbons (Fsp3) is 0.500. The number of allylic oxidation sites excluding steroid dienone is 2. The zero-order valence-electron chi connectivity index (χ0n) is 17.3. The summed E-state index contributed by atoms with van der Waals surface area (Å²) in [5, 5.41) is 1.20. The van der Waals surface area contributed by atoms with Crippen molar-refractivity contribution in [2.45, 2.75) is 71.5 Å². The van der Waals surface area contributed by atoms with Gasteiger partial charge in [-0.1, -0.05) is 17.7 Å². The molecule has 3 nitrogen and oxygen atoms in total. The molecule has 0 bridgehead atoms. The van der Waals surface area contributed by atoms with E-state index in [9.17, 15) is 4.39 Å². The molecule has 0 radical (unpaired) electrons. The molecule has 1 saturated heterocycles. The molecule has 2 aliphatic rings. The van der Waals surface area contributed by atoms with Crippen molar-refractivity contribution in [3.63, 3.8) is 0 Å². The molecule has 1 fully saturated rings. The second-order valence-electron chi connectivity index (χ2n) is 8.55. The van der Waals surface area contributed by atoms with Gasteiger partial charge in [0, 0.05) is 11.6 Å². The van der Waals surface area contributed by atoms with Gasteiger partial charge in [-0.2, -0.15) is 0 Å². The lowest BCUT2D eigenvalue weighted by Crippen LogP contribution is -2.41. The van der Waals surface area contributed by atoms with Crippen LogP contribution < -0.4 is 0 Å². The Morgan fingerprint density at radius 2 is 1.79 bits per heavy atom. The van der Waals surface area contributed by atoms with Gasteiger partial charge in [0.2, 0.25) is 0 Å².